The van der Waals surface area contributed by atoms with Gasteiger partial charge in [0.15, 0.2) is 5.76 Å². The molecule has 1 heterocycles. The molecule has 2 N–H and O–H groups in total. The number of aromatic carboxylic acids is 1. The highest BCUT2D eigenvalue weighted by atomic mass is 16.5. The van der Waals surface area contributed by atoms with Gasteiger partial charge in [-0.1, -0.05) is 0 Å². The summed E-state index contributed by atoms with van der Waals surface area (Å²) in [6.07, 6.45) is 0.912. The fourth-order valence-electron chi connectivity index (χ4n) is 0.974. The highest BCUT2D eigenvalue weighted by Gasteiger charge is 2.14. The monoisotopic (exact) mass is 227 g/mol. The minimum absolute atomic E-state index is 0.0271. The fourth-order valence-corrected chi connectivity index (χ4v) is 0.974. The summed E-state index contributed by atoms with van der Waals surface area (Å²) in [4.78, 5) is 22.0. The van der Waals surface area contributed by atoms with E-state index in [-0.39, 0.29) is 17.4 Å². The fraction of sp³-hybridized carbons (Fsp3) is 0.400. The second-order valence-corrected chi connectivity index (χ2v) is 3.26. The Morgan fingerprint density at radius 2 is 2.31 bits per heavy atom. The Hall–Kier alpha value is -1.82. The second kappa shape index (κ2) is 5.32. The van der Waals surface area contributed by atoms with Crippen LogP contribution >= 0.6 is 0 Å². The molecular formula is C10H13NO5. The first kappa shape index (κ1) is 12.3. The van der Waals surface area contributed by atoms with Gasteiger partial charge in [-0.05, 0) is 6.92 Å². The van der Waals surface area contributed by atoms with E-state index >= 15 is 0 Å². The van der Waals surface area contributed by atoms with Crippen LogP contribution in [0.25, 0.3) is 0 Å². The average molecular weight is 227 g/mol. The van der Waals surface area contributed by atoms with E-state index < -0.39 is 11.9 Å². The van der Waals surface area contributed by atoms with Gasteiger partial charge in [-0.3, -0.25) is 4.79 Å². The lowest BCUT2D eigenvalue weighted by Crippen LogP contribution is -2.31. The van der Waals surface area contributed by atoms with Gasteiger partial charge in [0.2, 0.25) is 0 Å². The van der Waals surface area contributed by atoms with Gasteiger partial charge in [-0.25, -0.2) is 4.79 Å². The highest BCUT2D eigenvalue weighted by molar-refractivity contribution is 5.95. The lowest BCUT2D eigenvalue weighted by molar-refractivity contribution is 0.0696. The molecule has 1 unspecified atom stereocenters. The number of nitrogens with one attached hydrogen (secondary N) is 1. The Morgan fingerprint density at radius 1 is 1.62 bits per heavy atom. The Morgan fingerprint density at radius 3 is 2.81 bits per heavy atom. The number of carboxylic acid groups (broad SMARTS) is 1. The molecule has 1 amide bonds. The number of carboxylic acids is 1. The maximum Gasteiger partial charge on any atom is 0.338 e. The van der Waals surface area contributed by atoms with Crippen LogP contribution in [0.3, 0.4) is 0 Å². The Labute approximate surface area is 92.2 Å². The zero-order valence-electron chi connectivity index (χ0n) is 9.02. The van der Waals surface area contributed by atoms with Crippen LogP contribution in [0.1, 0.15) is 27.8 Å². The number of ether oxygens (including phenoxy) is 1. The van der Waals surface area contributed by atoms with Crippen molar-refractivity contribution < 1.29 is 23.8 Å². The highest BCUT2D eigenvalue weighted by Crippen LogP contribution is 2.07. The first-order valence-corrected chi connectivity index (χ1v) is 4.67. The van der Waals surface area contributed by atoms with E-state index in [2.05, 4.69) is 5.32 Å². The molecule has 0 radical (unpaired) electrons. The molecule has 16 heavy (non-hydrogen) atoms. The van der Waals surface area contributed by atoms with Crippen LogP contribution in [0, 0.1) is 0 Å². The summed E-state index contributed by atoms with van der Waals surface area (Å²) in [5.41, 5.74) is -0.0510. The third kappa shape index (κ3) is 3.09. The number of rotatable bonds is 5. The standard InChI is InChI=1S/C10H13NO5/c1-6(15-2)4-11-9(12)8-3-7(5-16-8)10(13)14/h3,5-6H,4H2,1-2H3,(H,11,12)(H,13,14). The van der Waals surface area contributed by atoms with E-state index in [1.54, 1.807) is 6.92 Å². The number of hydrogen-bond acceptors (Lipinski definition) is 4. The van der Waals surface area contributed by atoms with Gasteiger partial charge in [0.05, 0.1) is 11.7 Å². The molecule has 0 saturated carbocycles. The van der Waals surface area contributed by atoms with E-state index in [4.69, 9.17) is 14.3 Å². The van der Waals surface area contributed by atoms with Crippen LogP contribution in [0.4, 0.5) is 0 Å². The molecule has 1 atom stereocenters. The molecule has 0 aliphatic carbocycles. The van der Waals surface area contributed by atoms with Crippen molar-refractivity contribution in [1.29, 1.82) is 0 Å². The Bertz CT molecular complexity index is 384. The first-order chi connectivity index (χ1) is 7.54. The van der Waals surface area contributed by atoms with Crippen LogP contribution in [0.2, 0.25) is 0 Å². The van der Waals surface area contributed by atoms with Crippen molar-refractivity contribution in [2.75, 3.05) is 13.7 Å². The number of hydrogen-bond donors (Lipinski definition) is 2. The number of methoxy groups -OCH3 is 1. The third-order valence-corrected chi connectivity index (χ3v) is 2.02. The van der Waals surface area contributed by atoms with E-state index in [0.29, 0.717) is 6.54 Å². The van der Waals surface area contributed by atoms with Crippen molar-refractivity contribution in [3.05, 3.63) is 23.7 Å². The van der Waals surface area contributed by atoms with E-state index in [1.165, 1.54) is 13.2 Å². The average Bonchev–Trinajstić information content (AvgIpc) is 2.74. The summed E-state index contributed by atoms with van der Waals surface area (Å²) < 4.78 is 9.76. The van der Waals surface area contributed by atoms with E-state index in [0.717, 1.165) is 6.26 Å². The van der Waals surface area contributed by atoms with Gasteiger partial charge < -0.3 is 19.6 Å². The molecular weight excluding hydrogens is 214 g/mol. The summed E-state index contributed by atoms with van der Waals surface area (Å²) >= 11 is 0. The van der Waals surface area contributed by atoms with Gasteiger partial charge in [0, 0.05) is 19.7 Å². The summed E-state index contributed by atoms with van der Waals surface area (Å²) in [6.45, 7) is 2.13. The second-order valence-electron chi connectivity index (χ2n) is 3.26. The molecule has 0 aliphatic rings. The van der Waals surface area contributed by atoms with Gasteiger partial charge in [-0.2, -0.15) is 0 Å². The largest absolute Gasteiger partial charge is 0.478 e. The molecule has 6 nitrogen and oxygen atoms in total. The normalized spacial score (nSPS) is 12.1. The molecule has 0 bridgehead atoms. The number of carbonyl (C=O) groups excluding carboxylic acids is 1. The maximum atomic E-state index is 11.4. The predicted molar refractivity (Wildman–Crippen MR) is 54.5 cm³/mol. The molecule has 0 saturated heterocycles. The molecule has 0 fully saturated rings. The summed E-state index contributed by atoms with van der Waals surface area (Å²) in [7, 11) is 1.53. The zero-order chi connectivity index (χ0) is 12.1. The van der Waals surface area contributed by atoms with Crippen LogP contribution < -0.4 is 5.32 Å². The van der Waals surface area contributed by atoms with Crippen molar-refractivity contribution in [1.82, 2.24) is 5.32 Å². The van der Waals surface area contributed by atoms with Gasteiger partial charge in [0.1, 0.15) is 6.26 Å². The Balaban J connectivity index is 2.56. The number of furan rings is 1. The predicted octanol–water partition coefficient (Wildman–Crippen LogP) is 0.742. The van der Waals surface area contributed by atoms with Crippen molar-refractivity contribution in [3.63, 3.8) is 0 Å². The topological polar surface area (TPSA) is 88.8 Å². The van der Waals surface area contributed by atoms with Crippen molar-refractivity contribution in [2.24, 2.45) is 0 Å². The summed E-state index contributed by atoms with van der Waals surface area (Å²) in [6, 6.07) is 1.18. The third-order valence-electron chi connectivity index (χ3n) is 2.02. The van der Waals surface area contributed by atoms with Crippen LogP contribution in [-0.2, 0) is 4.74 Å². The molecule has 1 rings (SSSR count). The maximum absolute atomic E-state index is 11.4. The quantitative estimate of drug-likeness (QED) is 0.774. The zero-order valence-corrected chi connectivity index (χ0v) is 9.02. The molecule has 0 aromatic carbocycles. The van der Waals surface area contributed by atoms with Crippen LogP contribution in [-0.4, -0.2) is 36.7 Å². The Kier molecular flexibility index (Phi) is 4.07. The van der Waals surface area contributed by atoms with Gasteiger partial charge >= 0.3 is 5.97 Å². The first-order valence-electron chi connectivity index (χ1n) is 4.67. The lowest BCUT2D eigenvalue weighted by Gasteiger charge is -2.09. The van der Waals surface area contributed by atoms with Crippen molar-refractivity contribution in [3.8, 4) is 0 Å². The lowest BCUT2D eigenvalue weighted by atomic mass is 10.3. The van der Waals surface area contributed by atoms with E-state index in [1.807, 2.05) is 0 Å². The molecule has 0 spiro atoms. The van der Waals surface area contributed by atoms with Gasteiger partial charge in [0.25, 0.3) is 5.91 Å². The smallest absolute Gasteiger partial charge is 0.338 e. The summed E-state index contributed by atoms with van der Waals surface area (Å²) in [5.74, 6) is -1.62. The number of amides is 1. The minimum atomic E-state index is -1.13. The van der Waals surface area contributed by atoms with E-state index in [9.17, 15) is 9.59 Å². The molecule has 1 aromatic heterocycles. The molecule has 1 aromatic rings. The molecule has 0 aliphatic heterocycles. The SMILES string of the molecule is COC(C)CNC(=O)c1cc(C(=O)O)co1. The summed E-state index contributed by atoms with van der Waals surface area (Å²) in [5, 5.41) is 11.2. The van der Waals surface area contributed by atoms with Crippen LogP contribution in [0.5, 0.6) is 0 Å². The minimum Gasteiger partial charge on any atom is -0.478 e. The van der Waals surface area contributed by atoms with Crippen molar-refractivity contribution >= 4 is 11.9 Å². The van der Waals surface area contributed by atoms with Gasteiger partial charge in [-0.15, -0.1) is 0 Å². The number of carbonyl (C=O) groups is 2. The molecule has 6 heteroatoms. The van der Waals surface area contributed by atoms with Crippen LogP contribution in [0.15, 0.2) is 16.7 Å². The van der Waals surface area contributed by atoms with Crippen molar-refractivity contribution in [2.45, 2.75) is 13.0 Å². The molecule has 88 valence electrons.